The molecule has 0 bridgehead atoms. The topological polar surface area (TPSA) is 21.3 Å². The predicted octanol–water partition coefficient (Wildman–Crippen LogP) is 40.2. The minimum atomic E-state index is 0.160. The molecular weight excluding hydrogens is 1600 g/mol. The predicted molar refractivity (Wildman–Crippen MR) is 604 cm³/mol. The van der Waals surface area contributed by atoms with Crippen LogP contribution >= 0.6 is 0 Å². The molecule has 20 rings (SSSR count). The van der Waals surface area contributed by atoms with Crippen molar-refractivity contribution in [1.82, 2.24) is 13.7 Å². The van der Waals surface area contributed by atoms with E-state index in [2.05, 4.69) is 434 Å². The highest BCUT2D eigenvalue weighted by atomic mass is 15.1. The van der Waals surface area contributed by atoms with Gasteiger partial charge in [-0.25, -0.2) is 0 Å². The van der Waals surface area contributed by atoms with E-state index in [1.807, 2.05) is 231 Å². The molecule has 3 heterocycles. The third-order valence-electron chi connectivity index (χ3n) is 19.9. The first-order valence-electron chi connectivity index (χ1n) is 49.4. The lowest BCUT2D eigenvalue weighted by Crippen LogP contribution is -2.14. The highest BCUT2D eigenvalue weighted by molar-refractivity contribution is 6.10. The van der Waals surface area contributed by atoms with Crippen molar-refractivity contribution in [2.45, 2.75) is 199 Å². The van der Waals surface area contributed by atoms with Crippen LogP contribution in [0.4, 0.5) is 22.7 Å². The molecule has 0 unspecified atom stereocenters. The Morgan fingerprint density at radius 3 is 0.697 bits per heavy atom. The van der Waals surface area contributed by atoms with Crippen LogP contribution in [0.3, 0.4) is 0 Å². The van der Waals surface area contributed by atoms with Crippen molar-refractivity contribution < 1.29 is 0 Å². The Balaban J connectivity index is 0.000000743. The van der Waals surface area contributed by atoms with Crippen molar-refractivity contribution in [3.63, 3.8) is 0 Å². The summed E-state index contributed by atoms with van der Waals surface area (Å²) in [7, 11) is 8.31. The van der Waals surface area contributed by atoms with Gasteiger partial charge in [-0.15, -0.1) is 0 Å². The highest BCUT2D eigenvalue weighted by Gasteiger charge is 2.34. The molecule has 16 aromatic carbocycles. The number of aryl methyl sites for hydroxylation is 2. The fourth-order valence-corrected chi connectivity index (χ4v) is 14.7. The van der Waals surface area contributed by atoms with Gasteiger partial charge in [0.1, 0.15) is 0 Å². The molecule has 19 aromatic rings. The Labute approximate surface area is 802 Å². The molecule has 0 radical (unpaired) electrons. The molecule has 0 saturated heterocycles. The van der Waals surface area contributed by atoms with Gasteiger partial charge >= 0.3 is 0 Å². The van der Waals surface area contributed by atoms with Gasteiger partial charge in [-0.2, -0.15) is 0 Å². The van der Waals surface area contributed by atoms with Gasteiger partial charge in [0.2, 0.25) is 0 Å². The number of rotatable bonds is 6. The quantitative estimate of drug-likeness (QED) is 0.165. The maximum atomic E-state index is 2.32. The maximum absolute atomic E-state index is 2.32. The van der Waals surface area contributed by atoms with Crippen molar-refractivity contribution in [2.24, 2.45) is 14.1 Å². The zero-order valence-corrected chi connectivity index (χ0v) is 87.1. The van der Waals surface area contributed by atoms with Crippen molar-refractivity contribution in [3.05, 3.63) is 430 Å². The van der Waals surface area contributed by atoms with Crippen LogP contribution in [0.25, 0.3) is 104 Å². The van der Waals surface area contributed by atoms with Crippen LogP contribution in [0, 0.1) is 0 Å². The molecule has 3 aromatic heterocycles. The van der Waals surface area contributed by atoms with Crippen LogP contribution in [-0.2, 0) is 19.5 Å². The van der Waals surface area contributed by atoms with Crippen LogP contribution in [-0.4, -0.2) is 27.8 Å². The van der Waals surface area contributed by atoms with Crippen molar-refractivity contribution in [1.29, 1.82) is 0 Å². The van der Waals surface area contributed by atoms with Crippen LogP contribution < -0.4 is 9.80 Å². The second-order valence-corrected chi connectivity index (χ2v) is 27.1. The fourth-order valence-electron chi connectivity index (χ4n) is 14.7. The number of fused-ring (bicyclic) bond motifs is 13. The normalized spacial score (nSPS) is 9.73. The van der Waals surface area contributed by atoms with Gasteiger partial charge in [0.15, 0.2) is 0 Å². The van der Waals surface area contributed by atoms with Crippen LogP contribution in [0.1, 0.15) is 205 Å². The Kier molecular flexibility index (Phi) is 61.7. The zero-order valence-electron chi connectivity index (χ0n) is 87.1. The summed E-state index contributed by atoms with van der Waals surface area (Å²) in [4.78, 5) is 4.33. The summed E-state index contributed by atoms with van der Waals surface area (Å²) in [5.74, 6) is 0. The summed E-state index contributed by atoms with van der Waals surface area (Å²) in [5.41, 5.74) is 22.1. The Morgan fingerprint density at radius 2 is 0.402 bits per heavy atom. The lowest BCUT2D eigenvalue weighted by molar-refractivity contribution is 0.660. The first-order chi connectivity index (χ1) is 65.1. The van der Waals surface area contributed by atoms with Crippen LogP contribution in [0.15, 0.2) is 419 Å². The lowest BCUT2D eigenvalue weighted by Gasteiger charge is -2.25. The van der Waals surface area contributed by atoms with Gasteiger partial charge < -0.3 is 23.5 Å². The maximum Gasteiger partial charge on any atom is 0.0541 e. The van der Waals surface area contributed by atoms with Gasteiger partial charge in [0, 0.05) is 116 Å². The minimum Gasteiger partial charge on any atom is -0.378 e. The van der Waals surface area contributed by atoms with Crippen molar-refractivity contribution in [2.75, 3.05) is 23.9 Å². The Bertz CT molecular complexity index is 5620. The first kappa shape index (κ1) is 117. The molecule has 0 aliphatic heterocycles. The van der Waals surface area contributed by atoms with Crippen LogP contribution in [0.5, 0.6) is 0 Å². The lowest BCUT2D eigenvalue weighted by atomic mass is 9.82. The molecule has 5 heteroatoms. The molecule has 0 N–H and O–H groups in total. The summed E-state index contributed by atoms with van der Waals surface area (Å²) in [6.45, 7) is 56.6. The second-order valence-electron chi connectivity index (χ2n) is 27.1. The smallest absolute Gasteiger partial charge is 0.0541 e. The van der Waals surface area contributed by atoms with E-state index in [1.54, 1.807) is 0 Å². The van der Waals surface area contributed by atoms with Gasteiger partial charge in [-0.1, -0.05) is 515 Å². The number of benzene rings is 16. The van der Waals surface area contributed by atoms with Gasteiger partial charge in [0.25, 0.3) is 0 Å². The number of hydrogen-bond donors (Lipinski definition) is 0. The molecule has 1 aliphatic carbocycles. The molecule has 0 fully saturated rings. The van der Waals surface area contributed by atoms with Crippen LogP contribution in [0.2, 0.25) is 0 Å². The van der Waals surface area contributed by atoms with Crippen molar-refractivity contribution >= 4 is 98.9 Å². The monoisotopic (exact) mass is 1760 g/mol. The number of hydrogen-bond acceptors (Lipinski definition) is 2. The Hall–Kier alpha value is -13.2. The summed E-state index contributed by atoms with van der Waals surface area (Å²) in [6.07, 6.45) is 0. The number of para-hydroxylation sites is 11. The standard InChI is InChI=1S/C18H13N.C18H15N.C16H12.C15H14.2C13H11N.C8H11N.13C2H6/c1-2-8-14(9-3-1)19-17-12-6-4-10-15(17)16-11-5-7-13-18(16)19;1-4-10-16(11-5-1)19(17-12-6-2-7-13-17)18-14-8-3-9-15-18;1-2-7-13(8-3-1)16-12-6-10-14-9-4-5-11-15(14)16;1-15(2)13-9-5-3-7-11(13)12-8-4-6-10-14(12)15;2*1-14-12-8-4-2-6-10(12)11-7-3-5-9-13(11)14;1-9(2)8-6-4-3-5-7-8;13*1-2/h1-13H;1-15H;1-12H;3-10H,1-2H3;2*2-9H,1H3;3-7H,1-2H3;13*1-2H3. The van der Waals surface area contributed by atoms with Gasteiger partial charge in [0.05, 0.1) is 11.0 Å². The van der Waals surface area contributed by atoms with Crippen molar-refractivity contribution in [3.8, 4) is 27.9 Å². The summed E-state index contributed by atoms with van der Waals surface area (Å²) in [6, 6.07) is 146. The number of nitrogens with zero attached hydrogens (tertiary/aromatic N) is 5. The third-order valence-corrected chi connectivity index (χ3v) is 19.9. The van der Waals surface area contributed by atoms with E-state index in [-0.39, 0.29) is 5.41 Å². The molecule has 0 saturated carbocycles. The SMILES string of the molecule is CC.CC.CC.CC.CC.CC.CC.CC.CC.CC.CC.CC.CC.CC1(C)c2ccccc2-c2ccccc21.CN(C)c1ccccc1.Cn1c2ccccc2c2ccccc21.Cn1c2ccccc2c2ccccc21.c1ccc(-c2cccc3ccccc23)cc1.c1ccc(-n2c3ccccc3c3ccccc32)cc1.c1ccc(N(c2ccccc2)c2ccccc2)cc1. The Morgan fingerprint density at radius 1 is 0.189 bits per heavy atom. The van der Waals surface area contributed by atoms with E-state index in [9.17, 15) is 0 Å². The van der Waals surface area contributed by atoms with E-state index >= 15 is 0 Å². The van der Waals surface area contributed by atoms with E-state index in [1.165, 1.54) is 138 Å². The molecule has 0 spiro atoms. The molecule has 1 aliphatic rings. The van der Waals surface area contributed by atoms with Gasteiger partial charge in [-0.3, -0.25) is 0 Å². The fraction of sp³-hybridized carbons (Fsp3) is 0.260. The highest BCUT2D eigenvalue weighted by Crippen LogP contribution is 2.48. The average molecular weight is 1760 g/mol. The second kappa shape index (κ2) is 69.7. The molecule has 5 nitrogen and oxygen atoms in total. The molecule has 0 amide bonds. The van der Waals surface area contributed by atoms with E-state index < -0.39 is 0 Å². The first-order valence-corrected chi connectivity index (χ1v) is 49.4. The van der Waals surface area contributed by atoms with E-state index in [0.29, 0.717) is 0 Å². The van der Waals surface area contributed by atoms with Gasteiger partial charge in [-0.05, 0) is 141 Å². The van der Waals surface area contributed by atoms with E-state index in [0.717, 1.165) is 0 Å². The molecule has 0 atom stereocenters. The summed E-state index contributed by atoms with van der Waals surface area (Å²) < 4.78 is 6.81. The third kappa shape index (κ3) is 32.4. The average Bonchev–Trinajstić information content (AvgIpc) is 1.61. The minimum absolute atomic E-state index is 0.160. The number of anilines is 4. The largest absolute Gasteiger partial charge is 0.378 e. The molecule has 698 valence electrons. The summed E-state index contributed by atoms with van der Waals surface area (Å²) in [5, 5.41) is 10.6. The number of aromatic nitrogens is 3. The molecular formula is C127H165N5. The molecule has 132 heavy (non-hydrogen) atoms. The van der Waals surface area contributed by atoms with E-state index in [4.69, 9.17) is 0 Å². The summed E-state index contributed by atoms with van der Waals surface area (Å²) >= 11 is 0. The zero-order chi connectivity index (χ0) is 98.6.